The fraction of sp³-hybridized carbons (Fsp3) is 0.462. The van der Waals surface area contributed by atoms with Gasteiger partial charge in [0.15, 0.2) is 0 Å². The molecule has 1 amide bonds. The van der Waals surface area contributed by atoms with Gasteiger partial charge >= 0.3 is 0 Å². The highest BCUT2D eigenvalue weighted by Crippen LogP contribution is 2.09. The molecule has 0 aliphatic rings. The van der Waals surface area contributed by atoms with Gasteiger partial charge in [0.1, 0.15) is 0 Å². The zero-order chi connectivity index (χ0) is 12.7. The van der Waals surface area contributed by atoms with E-state index in [1.54, 1.807) is 7.11 Å². The SMILES string of the molecule is COC[C@@H](C)NC(=O)CN(C)c1ccccc1. The molecule has 0 heterocycles. The summed E-state index contributed by atoms with van der Waals surface area (Å²) in [5, 5.41) is 2.88. The molecule has 0 aliphatic carbocycles. The van der Waals surface area contributed by atoms with Crippen molar-refractivity contribution in [2.45, 2.75) is 13.0 Å². The van der Waals surface area contributed by atoms with Crippen LogP contribution in [0.1, 0.15) is 6.92 Å². The summed E-state index contributed by atoms with van der Waals surface area (Å²) in [6.07, 6.45) is 0. The second-order valence-corrected chi connectivity index (χ2v) is 4.12. The highest BCUT2D eigenvalue weighted by molar-refractivity contribution is 5.81. The van der Waals surface area contributed by atoms with Crippen LogP contribution in [0.4, 0.5) is 5.69 Å². The summed E-state index contributed by atoms with van der Waals surface area (Å²) in [5.41, 5.74) is 1.03. The third kappa shape index (κ3) is 4.87. The number of para-hydroxylation sites is 1. The van der Waals surface area contributed by atoms with Gasteiger partial charge in [-0.3, -0.25) is 4.79 Å². The van der Waals surface area contributed by atoms with Crippen LogP contribution in [-0.2, 0) is 9.53 Å². The maximum Gasteiger partial charge on any atom is 0.239 e. The van der Waals surface area contributed by atoms with Gasteiger partial charge < -0.3 is 15.0 Å². The maximum atomic E-state index is 11.7. The van der Waals surface area contributed by atoms with E-state index in [2.05, 4.69) is 5.32 Å². The van der Waals surface area contributed by atoms with Crippen LogP contribution < -0.4 is 10.2 Å². The van der Waals surface area contributed by atoms with Gasteiger partial charge in [0.05, 0.1) is 13.2 Å². The molecule has 0 aliphatic heterocycles. The number of carbonyl (C=O) groups is 1. The molecule has 0 saturated heterocycles. The summed E-state index contributed by atoms with van der Waals surface area (Å²) in [5.74, 6) is 0.000836. The van der Waals surface area contributed by atoms with E-state index in [9.17, 15) is 4.79 Å². The molecular formula is C13H20N2O2. The molecule has 1 rings (SSSR count). The van der Waals surface area contributed by atoms with E-state index in [4.69, 9.17) is 4.74 Å². The summed E-state index contributed by atoms with van der Waals surface area (Å²) in [6.45, 7) is 2.79. The zero-order valence-electron chi connectivity index (χ0n) is 10.6. The number of rotatable bonds is 6. The number of ether oxygens (including phenoxy) is 1. The van der Waals surface area contributed by atoms with Crippen molar-refractivity contribution >= 4 is 11.6 Å². The van der Waals surface area contributed by atoms with Crippen molar-refractivity contribution < 1.29 is 9.53 Å². The predicted octanol–water partition coefficient (Wildman–Crippen LogP) is 1.27. The largest absolute Gasteiger partial charge is 0.383 e. The van der Waals surface area contributed by atoms with Crippen LogP contribution in [-0.4, -0.2) is 39.3 Å². The minimum absolute atomic E-state index is 0.000836. The average molecular weight is 236 g/mol. The summed E-state index contributed by atoms with van der Waals surface area (Å²) in [7, 11) is 3.52. The molecule has 0 bridgehead atoms. The summed E-state index contributed by atoms with van der Waals surface area (Å²) < 4.78 is 4.97. The fourth-order valence-electron chi connectivity index (χ4n) is 1.60. The topological polar surface area (TPSA) is 41.6 Å². The lowest BCUT2D eigenvalue weighted by Gasteiger charge is -2.20. The highest BCUT2D eigenvalue weighted by Gasteiger charge is 2.09. The van der Waals surface area contributed by atoms with Gasteiger partial charge in [0, 0.05) is 25.9 Å². The van der Waals surface area contributed by atoms with Crippen molar-refractivity contribution in [2.24, 2.45) is 0 Å². The van der Waals surface area contributed by atoms with Crippen molar-refractivity contribution in [3.63, 3.8) is 0 Å². The zero-order valence-corrected chi connectivity index (χ0v) is 10.6. The van der Waals surface area contributed by atoms with Gasteiger partial charge in [-0.15, -0.1) is 0 Å². The first-order valence-electron chi connectivity index (χ1n) is 5.68. The molecule has 0 spiro atoms. The van der Waals surface area contributed by atoms with E-state index in [1.165, 1.54) is 0 Å². The number of nitrogens with zero attached hydrogens (tertiary/aromatic N) is 1. The normalized spacial score (nSPS) is 11.9. The fourth-order valence-corrected chi connectivity index (χ4v) is 1.60. The molecule has 1 N–H and O–H groups in total. The van der Waals surface area contributed by atoms with Crippen LogP contribution in [0, 0.1) is 0 Å². The summed E-state index contributed by atoms with van der Waals surface area (Å²) in [6, 6.07) is 9.86. The molecule has 0 fully saturated rings. The van der Waals surface area contributed by atoms with Gasteiger partial charge in [-0.05, 0) is 19.1 Å². The number of nitrogens with one attached hydrogen (secondary N) is 1. The lowest BCUT2D eigenvalue weighted by Crippen LogP contribution is -2.41. The number of benzene rings is 1. The van der Waals surface area contributed by atoms with Crippen LogP contribution in [0.25, 0.3) is 0 Å². The molecule has 1 atom stereocenters. The Balaban J connectivity index is 2.41. The number of amides is 1. The Labute approximate surface area is 103 Å². The Bertz CT molecular complexity index is 341. The number of methoxy groups -OCH3 is 1. The quantitative estimate of drug-likeness (QED) is 0.809. The first-order valence-corrected chi connectivity index (χ1v) is 5.68. The monoisotopic (exact) mass is 236 g/mol. The number of anilines is 1. The molecule has 1 aromatic carbocycles. The van der Waals surface area contributed by atoms with E-state index in [0.717, 1.165) is 5.69 Å². The predicted molar refractivity (Wildman–Crippen MR) is 69.2 cm³/mol. The molecule has 0 aromatic heterocycles. The molecule has 94 valence electrons. The van der Waals surface area contributed by atoms with Crippen LogP contribution >= 0.6 is 0 Å². The summed E-state index contributed by atoms with van der Waals surface area (Å²) in [4.78, 5) is 13.6. The van der Waals surface area contributed by atoms with E-state index in [0.29, 0.717) is 13.2 Å². The third-order valence-electron chi connectivity index (χ3n) is 2.40. The standard InChI is InChI=1S/C13H20N2O2/c1-11(10-17-3)14-13(16)9-15(2)12-7-5-4-6-8-12/h4-8,11H,9-10H2,1-3H3,(H,14,16)/t11-/m1/s1. The molecule has 1 aromatic rings. The number of carbonyl (C=O) groups excluding carboxylic acids is 1. The molecular weight excluding hydrogens is 216 g/mol. The molecule has 0 saturated carbocycles. The highest BCUT2D eigenvalue weighted by atomic mass is 16.5. The summed E-state index contributed by atoms with van der Waals surface area (Å²) >= 11 is 0. The lowest BCUT2D eigenvalue weighted by atomic mass is 10.3. The minimum Gasteiger partial charge on any atom is -0.383 e. The first kappa shape index (κ1) is 13.5. The van der Waals surface area contributed by atoms with Crippen LogP contribution in [0.15, 0.2) is 30.3 Å². The Morgan fingerprint density at radius 2 is 2.06 bits per heavy atom. The Morgan fingerprint density at radius 3 is 2.65 bits per heavy atom. The second-order valence-electron chi connectivity index (χ2n) is 4.12. The Morgan fingerprint density at radius 1 is 1.41 bits per heavy atom. The van der Waals surface area contributed by atoms with Crippen molar-refractivity contribution in [1.82, 2.24) is 5.32 Å². The Hall–Kier alpha value is -1.55. The van der Waals surface area contributed by atoms with Gasteiger partial charge in [0.2, 0.25) is 5.91 Å². The van der Waals surface area contributed by atoms with Crippen molar-refractivity contribution in [3.05, 3.63) is 30.3 Å². The maximum absolute atomic E-state index is 11.7. The molecule has 0 radical (unpaired) electrons. The van der Waals surface area contributed by atoms with E-state index >= 15 is 0 Å². The van der Waals surface area contributed by atoms with Crippen molar-refractivity contribution in [1.29, 1.82) is 0 Å². The second kappa shape index (κ2) is 6.91. The molecule has 4 heteroatoms. The van der Waals surface area contributed by atoms with Crippen molar-refractivity contribution in [3.8, 4) is 0 Å². The van der Waals surface area contributed by atoms with Gasteiger partial charge in [0.25, 0.3) is 0 Å². The number of hydrogen-bond acceptors (Lipinski definition) is 3. The van der Waals surface area contributed by atoms with Crippen LogP contribution in [0.2, 0.25) is 0 Å². The molecule has 17 heavy (non-hydrogen) atoms. The Kier molecular flexibility index (Phi) is 5.49. The number of likely N-dealkylation sites (N-methyl/N-ethyl adjacent to an activating group) is 1. The molecule has 4 nitrogen and oxygen atoms in total. The minimum atomic E-state index is 0.000836. The van der Waals surface area contributed by atoms with E-state index in [-0.39, 0.29) is 11.9 Å². The van der Waals surface area contributed by atoms with Gasteiger partial charge in [-0.25, -0.2) is 0 Å². The van der Waals surface area contributed by atoms with Crippen LogP contribution in [0.3, 0.4) is 0 Å². The first-order chi connectivity index (χ1) is 8.13. The smallest absolute Gasteiger partial charge is 0.239 e. The average Bonchev–Trinajstić information content (AvgIpc) is 2.30. The number of hydrogen-bond donors (Lipinski definition) is 1. The molecule has 0 unspecified atom stereocenters. The van der Waals surface area contributed by atoms with Gasteiger partial charge in [-0.1, -0.05) is 18.2 Å². The van der Waals surface area contributed by atoms with Crippen LogP contribution in [0.5, 0.6) is 0 Å². The lowest BCUT2D eigenvalue weighted by molar-refractivity contribution is -0.120. The van der Waals surface area contributed by atoms with Gasteiger partial charge in [-0.2, -0.15) is 0 Å². The third-order valence-corrected chi connectivity index (χ3v) is 2.40. The van der Waals surface area contributed by atoms with E-state index in [1.807, 2.05) is 49.2 Å². The van der Waals surface area contributed by atoms with Crippen molar-refractivity contribution in [2.75, 3.05) is 32.2 Å². The van der Waals surface area contributed by atoms with E-state index < -0.39 is 0 Å².